The molecular weight excluding hydrogens is 285 g/mol. The van der Waals surface area contributed by atoms with E-state index in [9.17, 15) is 14.0 Å². The Hall–Kier alpha value is -0.880. The fraction of sp³-hybridized carbons (Fsp3) is 0.846. The van der Waals surface area contributed by atoms with E-state index in [0.29, 0.717) is 13.1 Å². The van der Waals surface area contributed by atoms with Crippen LogP contribution in [-0.2, 0) is 9.59 Å². The number of carbonyl (C=O) groups excluding carboxylic acids is 2. The standard InChI is InChI=1S/C13H22FN3O2.ClH/c14-4-8-17-9-5-15-11(13(17)19)10-12(18)16-6-2-1-3-7-16;/h11,15H,1-10H2;1H. The van der Waals surface area contributed by atoms with Gasteiger partial charge in [0.05, 0.1) is 12.5 Å². The van der Waals surface area contributed by atoms with Gasteiger partial charge in [0, 0.05) is 32.7 Å². The summed E-state index contributed by atoms with van der Waals surface area (Å²) in [6.45, 7) is 2.36. The maximum atomic E-state index is 12.3. The van der Waals surface area contributed by atoms with E-state index in [2.05, 4.69) is 5.32 Å². The molecule has 0 aromatic rings. The Morgan fingerprint density at radius 1 is 1.25 bits per heavy atom. The number of hydrogen-bond acceptors (Lipinski definition) is 3. The van der Waals surface area contributed by atoms with Crippen LogP contribution in [0.1, 0.15) is 25.7 Å². The second-order valence-corrected chi connectivity index (χ2v) is 5.17. The first-order valence-corrected chi connectivity index (χ1v) is 7.08. The Morgan fingerprint density at radius 2 is 1.95 bits per heavy atom. The number of alkyl halides is 1. The van der Waals surface area contributed by atoms with Crippen LogP contribution in [0.15, 0.2) is 0 Å². The molecule has 0 radical (unpaired) electrons. The lowest BCUT2D eigenvalue weighted by molar-refractivity contribution is -0.141. The molecule has 1 N–H and O–H groups in total. The van der Waals surface area contributed by atoms with Crippen molar-refractivity contribution in [2.75, 3.05) is 39.4 Å². The SMILES string of the molecule is Cl.O=C(CC1NCCN(CCF)C1=O)N1CCCCC1. The fourth-order valence-corrected chi connectivity index (χ4v) is 2.72. The monoisotopic (exact) mass is 307 g/mol. The largest absolute Gasteiger partial charge is 0.343 e. The number of rotatable bonds is 4. The fourth-order valence-electron chi connectivity index (χ4n) is 2.72. The molecule has 2 aliphatic heterocycles. The van der Waals surface area contributed by atoms with Crippen molar-refractivity contribution in [3.63, 3.8) is 0 Å². The van der Waals surface area contributed by atoms with Crippen LogP contribution in [-0.4, -0.2) is 67.1 Å². The van der Waals surface area contributed by atoms with Gasteiger partial charge < -0.3 is 15.1 Å². The second-order valence-electron chi connectivity index (χ2n) is 5.17. The molecule has 116 valence electrons. The number of likely N-dealkylation sites (tertiary alicyclic amines) is 1. The summed E-state index contributed by atoms with van der Waals surface area (Å²) in [4.78, 5) is 27.5. The van der Waals surface area contributed by atoms with E-state index >= 15 is 0 Å². The Labute approximate surface area is 125 Å². The molecular formula is C13H23ClFN3O2. The molecule has 1 atom stereocenters. The Kier molecular flexibility index (Phi) is 7.23. The first kappa shape index (κ1) is 17.2. The van der Waals surface area contributed by atoms with Crippen molar-refractivity contribution >= 4 is 24.2 Å². The van der Waals surface area contributed by atoms with E-state index in [1.807, 2.05) is 4.90 Å². The van der Waals surface area contributed by atoms with E-state index in [1.165, 1.54) is 11.3 Å². The Morgan fingerprint density at radius 3 is 2.60 bits per heavy atom. The summed E-state index contributed by atoms with van der Waals surface area (Å²) < 4.78 is 12.3. The van der Waals surface area contributed by atoms with E-state index in [1.54, 1.807) is 0 Å². The van der Waals surface area contributed by atoms with Crippen molar-refractivity contribution in [1.82, 2.24) is 15.1 Å². The molecule has 0 spiro atoms. The lowest BCUT2D eigenvalue weighted by Crippen LogP contribution is -2.57. The van der Waals surface area contributed by atoms with Crippen molar-refractivity contribution < 1.29 is 14.0 Å². The summed E-state index contributed by atoms with van der Waals surface area (Å²) >= 11 is 0. The van der Waals surface area contributed by atoms with E-state index < -0.39 is 12.7 Å². The summed E-state index contributed by atoms with van der Waals surface area (Å²) in [6.07, 6.45) is 3.47. The van der Waals surface area contributed by atoms with Gasteiger partial charge in [-0.3, -0.25) is 9.59 Å². The third-order valence-corrected chi connectivity index (χ3v) is 3.82. The van der Waals surface area contributed by atoms with Gasteiger partial charge in [0.2, 0.25) is 11.8 Å². The second kappa shape index (κ2) is 8.42. The highest BCUT2D eigenvalue weighted by Gasteiger charge is 2.31. The van der Waals surface area contributed by atoms with Gasteiger partial charge in [0.1, 0.15) is 6.67 Å². The average molecular weight is 308 g/mol. The van der Waals surface area contributed by atoms with E-state index in [0.717, 1.165) is 25.9 Å². The molecule has 7 heteroatoms. The number of nitrogens with one attached hydrogen (secondary N) is 1. The molecule has 0 aliphatic carbocycles. The molecule has 0 saturated carbocycles. The number of carbonyl (C=O) groups is 2. The third kappa shape index (κ3) is 4.31. The summed E-state index contributed by atoms with van der Waals surface area (Å²) in [7, 11) is 0. The number of halogens is 2. The number of hydrogen-bond donors (Lipinski definition) is 1. The lowest BCUT2D eigenvalue weighted by Gasteiger charge is -2.34. The number of piperidine rings is 1. The number of nitrogens with zero attached hydrogens (tertiary/aromatic N) is 2. The zero-order chi connectivity index (χ0) is 13.7. The predicted octanol–water partition coefficient (Wildman–Crippen LogP) is 0.581. The highest BCUT2D eigenvalue weighted by Crippen LogP contribution is 2.12. The molecule has 2 aliphatic rings. The first-order valence-electron chi connectivity index (χ1n) is 7.08. The summed E-state index contributed by atoms with van der Waals surface area (Å²) in [5.74, 6) is -0.109. The van der Waals surface area contributed by atoms with Crippen molar-refractivity contribution in [1.29, 1.82) is 0 Å². The van der Waals surface area contributed by atoms with E-state index in [-0.39, 0.29) is 37.2 Å². The molecule has 0 bridgehead atoms. The molecule has 2 saturated heterocycles. The van der Waals surface area contributed by atoms with Gasteiger partial charge >= 0.3 is 0 Å². The summed E-state index contributed by atoms with van der Waals surface area (Å²) in [5, 5.41) is 3.07. The highest BCUT2D eigenvalue weighted by molar-refractivity contribution is 5.89. The number of amides is 2. The molecule has 1 unspecified atom stereocenters. The van der Waals surface area contributed by atoms with Crippen LogP contribution in [0.25, 0.3) is 0 Å². The predicted molar refractivity (Wildman–Crippen MR) is 76.6 cm³/mol. The minimum Gasteiger partial charge on any atom is -0.343 e. The lowest BCUT2D eigenvalue weighted by atomic mass is 10.1. The molecule has 5 nitrogen and oxygen atoms in total. The topological polar surface area (TPSA) is 52.7 Å². The third-order valence-electron chi connectivity index (χ3n) is 3.82. The maximum Gasteiger partial charge on any atom is 0.240 e. The molecule has 20 heavy (non-hydrogen) atoms. The van der Waals surface area contributed by atoms with Gasteiger partial charge in [-0.2, -0.15) is 0 Å². The normalized spacial score (nSPS) is 23.4. The van der Waals surface area contributed by atoms with Gasteiger partial charge in [-0.25, -0.2) is 4.39 Å². The first-order chi connectivity index (χ1) is 9.22. The smallest absolute Gasteiger partial charge is 0.240 e. The number of piperazine rings is 1. The quantitative estimate of drug-likeness (QED) is 0.827. The maximum absolute atomic E-state index is 12.3. The molecule has 2 heterocycles. The van der Waals surface area contributed by atoms with Crippen molar-refractivity contribution in [3.05, 3.63) is 0 Å². The van der Waals surface area contributed by atoms with Gasteiger partial charge in [-0.1, -0.05) is 0 Å². The van der Waals surface area contributed by atoms with Crippen LogP contribution in [0, 0.1) is 0 Å². The van der Waals surface area contributed by atoms with Gasteiger partial charge in [0.15, 0.2) is 0 Å². The van der Waals surface area contributed by atoms with Crippen LogP contribution in [0.4, 0.5) is 4.39 Å². The molecule has 0 aromatic carbocycles. The minimum atomic E-state index is -0.529. The van der Waals surface area contributed by atoms with Crippen molar-refractivity contribution in [2.24, 2.45) is 0 Å². The zero-order valence-electron chi connectivity index (χ0n) is 11.6. The molecule has 2 amide bonds. The molecule has 2 fully saturated rings. The zero-order valence-corrected chi connectivity index (χ0v) is 12.5. The van der Waals surface area contributed by atoms with Crippen LogP contribution < -0.4 is 5.32 Å². The van der Waals surface area contributed by atoms with Gasteiger partial charge in [0.25, 0.3) is 0 Å². The van der Waals surface area contributed by atoms with Crippen LogP contribution >= 0.6 is 12.4 Å². The Bertz CT molecular complexity index is 336. The van der Waals surface area contributed by atoms with Gasteiger partial charge in [-0.05, 0) is 19.3 Å². The van der Waals surface area contributed by atoms with Crippen molar-refractivity contribution in [3.8, 4) is 0 Å². The Balaban J connectivity index is 0.00000200. The molecule has 0 aromatic heterocycles. The van der Waals surface area contributed by atoms with E-state index in [4.69, 9.17) is 0 Å². The van der Waals surface area contributed by atoms with Crippen LogP contribution in [0.3, 0.4) is 0 Å². The average Bonchev–Trinajstić information content (AvgIpc) is 2.44. The highest BCUT2D eigenvalue weighted by atomic mass is 35.5. The molecule has 2 rings (SSSR count). The van der Waals surface area contributed by atoms with Crippen LogP contribution in [0.2, 0.25) is 0 Å². The summed E-state index contributed by atoms with van der Waals surface area (Å²) in [6, 6.07) is -0.477. The van der Waals surface area contributed by atoms with Crippen LogP contribution in [0.5, 0.6) is 0 Å². The minimum absolute atomic E-state index is 0. The van der Waals surface area contributed by atoms with Gasteiger partial charge in [-0.15, -0.1) is 12.4 Å². The van der Waals surface area contributed by atoms with Crippen molar-refractivity contribution in [2.45, 2.75) is 31.7 Å². The summed E-state index contributed by atoms with van der Waals surface area (Å²) in [5.41, 5.74) is 0.